The van der Waals surface area contributed by atoms with Crippen LogP contribution in [0.3, 0.4) is 0 Å². The molecule has 0 fully saturated rings. The van der Waals surface area contributed by atoms with Crippen molar-refractivity contribution in [1.82, 2.24) is 15.1 Å². The maximum atomic E-state index is 14.0. The fourth-order valence-corrected chi connectivity index (χ4v) is 2.70. The maximum absolute atomic E-state index is 14.0. The number of halogens is 1. The second-order valence-electron chi connectivity index (χ2n) is 6.54. The lowest BCUT2D eigenvalue weighted by molar-refractivity contribution is 0.0945. The number of hydrogen-bond acceptors (Lipinski definition) is 2. The van der Waals surface area contributed by atoms with Crippen molar-refractivity contribution >= 4 is 5.91 Å². The molecule has 0 unspecified atom stereocenters. The summed E-state index contributed by atoms with van der Waals surface area (Å²) in [4.78, 5) is 12.4. The Kier molecular flexibility index (Phi) is 4.65. The number of hydrogen-bond donors (Lipinski definition) is 1. The maximum Gasteiger partial charge on any atom is 0.251 e. The van der Waals surface area contributed by atoms with Gasteiger partial charge >= 0.3 is 0 Å². The predicted octanol–water partition coefficient (Wildman–Crippen LogP) is 3.72. The highest BCUT2D eigenvalue weighted by atomic mass is 19.1. The quantitative estimate of drug-likeness (QED) is 0.771. The smallest absolute Gasteiger partial charge is 0.251 e. The molecule has 2 aromatic carbocycles. The zero-order chi connectivity index (χ0) is 17.9. The number of amides is 1. The van der Waals surface area contributed by atoms with Gasteiger partial charge in [0.2, 0.25) is 0 Å². The van der Waals surface area contributed by atoms with Crippen LogP contribution < -0.4 is 5.32 Å². The van der Waals surface area contributed by atoms with E-state index in [2.05, 4.69) is 10.4 Å². The number of carbonyl (C=O) groups excluding carboxylic acids is 1. The van der Waals surface area contributed by atoms with Gasteiger partial charge < -0.3 is 5.32 Å². The van der Waals surface area contributed by atoms with Crippen molar-refractivity contribution < 1.29 is 9.18 Å². The largest absolute Gasteiger partial charge is 0.351 e. The lowest BCUT2D eigenvalue weighted by Crippen LogP contribution is -2.37. The second-order valence-corrected chi connectivity index (χ2v) is 6.54. The summed E-state index contributed by atoms with van der Waals surface area (Å²) >= 11 is 0. The molecule has 1 amide bonds. The Bertz CT molecular complexity index is 855. The minimum atomic E-state index is -0.504. The van der Waals surface area contributed by atoms with Gasteiger partial charge in [-0.15, -0.1) is 0 Å². The minimum Gasteiger partial charge on any atom is -0.351 e. The topological polar surface area (TPSA) is 46.9 Å². The summed E-state index contributed by atoms with van der Waals surface area (Å²) in [5, 5.41) is 7.04. The first-order valence-electron chi connectivity index (χ1n) is 8.11. The van der Waals surface area contributed by atoms with E-state index in [0.717, 1.165) is 5.69 Å². The summed E-state index contributed by atoms with van der Waals surface area (Å²) in [6.45, 7) is 4.16. The van der Waals surface area contributed by atoms with Gasteiger partial charge in [0.1, 0.15) is 5.82 Å². The zero-order valence-corrected chi connectivity index (χ0v) is 14.2. The van der Waals surface area contributed by atoms with E-state index in [0.29, 0.717) is 17.7 Å². The number of benzene rings is 2. The molecule has 0 aliphatic rings. The van der Waals surface area contributed by atoms with Gasteiger partial charge in [0.15, 0.2) is 0 Å². The Morgan fingerprint density at radius 3 is 2.48 bits per heavy atom. The molecule has 4 nitrogen and oxygen atoms in total. The monoisotopic (exact) mass is 337 g/mol. The van der Waals surface area contributed by atoms with Gasteiger partial charge in [0.05, 0.1) is 5.69 Å². The summed E-state index contributed by atoms with van der Waals surface area (Å²) in [5.41, 5.74) is 1.52. The molecule has 0 aliphatic carbocycles. The van der Waals surface area contributed by atoms with Gasteiger partial charge in [-0.05, 0) is 42.0 Å². The Morgan fingerprint density at radius 2 is 1.84 bits per heavy atom. The summed E-state index contributed by atoms with van der Waals surface area (Å²) in [6, 6.07) is 15.7. The van der Waals surface area contributed by atoms with Gasteiger partial charge in [0, 0.05) is 29.9 Å². The van der Waals surface area contributed by atoms with E-state index in [-0.39, 0.29) is 11.7 Å². The molecule has 3 rings (SSSR count). The predicted molar refractivity (Wildman–Crippen MR) is 95.3 cm³/mol. The van der Waals surface area contributed by atoms with E-state index >= 15 is 0 Å². The van der Waals surface area contributed by atoms with E-state index in [1.807, 2.05) is 38.2 Å². The molecule has 0 atom stereocenters. The van der Waals surface area contributed by atoms with Gasteiger partial charge in [-0.3, -0.25) is 4.79 Å². The van der Waals surface area contributed by atoms with E-state index < -0.39 is 5.41 Å². The van der Waals surface area contributed by atoms with Crippen molar-refractivity contribution in [1.29, 1.82) is 0 Å². The lowest BCUT2D eigenvalue weighted by Gasteiger charge is -2.26. The highest BCUT2D eigenvalue weighted by molar-refractivity contribution is 5.94. The molecule has 0 saturated carbocycles. The third-order valence-corrected chi connectivity index (χ3v) is 4.19. The van der Waals surface area contributed by atoms with Gasteiger partial charge in [-0.2, -0.15) is 5.10 Å². The zero-order valence-electron chi connectivity index (χ0n) is 14.2. The molecule has 3 aromatic rings. The average Bonchev–Trinajstić information content (AvgIpc) is 3.15. The van der Waals surface area contributed by atoms with E-state index in [9.17, 15) is 9.18 Å². The molecule has 1 N–H and O–H groups in total. The van der Waals surface area contributed by atoms with Crippen LogP contribution in [-0.4, -0.2) is 22.2 Å². The van der Waals surface area contributed by atoms with E-state index in [4.69, 9.17) is 0 Å². The molecule has 1 aromatic heterocycles. The van der Waals surface area contributed by atoms with Crippen LogP contribution in [-0.2, 0) is 5.41 Å². The van der Waals surface area contributed by atoms with Crippen molar-refractivity contribution in [2.24, 2.45) is 0 Å². The molecule has 0 spiro atoms. The normalized spacial score (nSPS) is 11.3. The number of carbonyl (C=O) groups is 1. The molecular formula is C20H20FN3O. The van der Waals surface area contributed by atoms with Crippen LogP contribution in [0.15, 0.2) is 67.0 Å². The van der Waals surface area contributed by atoms with Crippen LogP contribution in [0.5, 0.6) is 0 Å². The summed E-state index contributed by atoms with van der Waals surface area (Å²) in [6.07, 6.45) is 3.54. The fourth-order valence-electron chi connectivity index (χ4n) is 2.70. The summed E-state index contributed by atoms with van der Waals surface area (Å²) in [5.74, 6) is -0.443. The molecule has 1 heterocycles. The highest BCUT2D eigenvalue weighted by Gasteiger charge is 2.24. The van der Waals surface area contributed by atoms with Crippen LogP contribution in [0, 0.1) is 5.82 Å². The molecule has 0 saturated heterocycles. The molecule has 0 aliphatic heterocycles. The van der Waals surface area contributed by atoms with Crippen molar-refractivity contribution in [2.45, 2.75) is 19.3 Å². The number of nitrogens with zero attached hydrogens (tertiary/aromatic N) is 2. The summed E-state index contributed by atoms with van der Waals surface area (Å²) in [7, 11) is 0. The van der Waals surface area contributed by atoms with E-state index in [1.54, 1.807) is 41.2 Å². The van der Waals surface area contributed by atoms with E-state index in [1.165, 1.54) is 6.07 Å². The SMILES string of the molecule is CC(C)(CNC(=O)c1ccc(-n2cccn2)cc1)c1ccccc1F. The first-order chi connectivity index (χ1) is 12.0. The fraction of sp³-hybridized carbons (Fsp3) is 0.200. The third-order valence-electron chi connectivity index (χ3n) is 4.19. The molecule has 0 radical (unpaired) electrons. The second kappa shape index (κ2) is 6.89. The molecule has 128 valence electrons. The lowest BCUT2D eigenvalue weighted by atomic mass is 9.84. The van der Waals surface area contributed by atoms with Crippen LogP contribution in [0.1, 0.15) is 29.8 Å². The van der Waals surface area contributed by atoms with Gasteiger partial charge in [-0.25, -0.2) is 9.07 Å². The Balaban J connectivity index is 1.67. The van der Waals surface area contributed by atoms with Gasteiger partial charge in [0.25, 0.3) is 5.91 Å². The molecule has 25 heavy (non-hydrogen) atoms. The standard InChI is InChI=1S/C20H20FN3O/c1-20(2,17-6-3-4-7-18(17)21)14-22-19(25)15-8-10-16(11-9-15)24-13-5-12-23-24/h3-13H,14H2,1-2H3,(H,22,25). The minimum absolute atomic E-state index is 0.184. The molecule has 0 bridgehead atoms. The van der Waals surface area contributed by atoms with Crippen molar-refractivity contribution in [3.05, 3.63) is 83.9 Å². The first-order valence-corrected chi connectivity index (χ1v) is 8.11. The van der Waals surface area contributed by atoms with Crippen LogP contribution in [0.4, 0.5) is 4.39 Å². The number of rotatable bonds is 5. The van der Waals surface area contributed by atoms with Crippen LogP contribution in [0.2, 0.25) is 0 Å². The van der Waals surface area contributed by atoms with Crippen molar-refractivity contribution in [3.63, 3.8) is 0 Å². The Morgan fingerprint density at radius 1 is 1.12 bits per heavy atom. The van der Waals surface area contributed by atoms with Crippen LogP contribution >= 0.6 is 0 Å². The van der Waals surface area contributed by atoms with Crippen molar-refractivity contribution in [2.75, 3.05) is 6.54 Å². The van der Waals surface area contributed by atoms with Crippen molar-refractivity contribution in [3.8, 4) is 5.69 Å². The Hall–Kier alpha value is -2.95. The van der Waals surface area contributed by atoms with Gasteiger partial charge in [-0.1, -0.05) is 32.0 Å². The third kappa shape index (κ3) is 3.76. The average molecular weight is 337 g/mol. The van der Waals surface area contributed by atoms with Crippen LogP contribution in [0.25, 0.3) is 5.69 Å². The summed E-state index contributed by atoms with van der Waals surface area (Å²) < 4.78 is 15.7. The highest BCUT2D eigenvalue weighted by Crippen LogP contribution is 2.25. The molecule has 5 heteroatoms. The first kappa shape index (κ1) is 16.9. The Labute approximate surface area is 146 Å². The number of nitrogens with one attached hydrogen (secondary N) is 1. The number of aromatic nitrogens is 2. The molecular weight excluding hydrogens is 317 g/mol.